The molecule has 7 heteroatoms. The second-order valence-corrected chi connectivity index (χ2v) is 7.09. The van der Waals surface area contributed by atoms with Crippen LogP contribution in [0.3, 0.4) is 0 Å². The van der Waals surface area contributed by atoms with Gasteiger partial charge in [0.2, 0.25) is 0 Å². The Bertz CT molecular complexity index is 629. The summed E-state index contributed by atoms with van der Waals surface area (Å²) in [7, 11) is 0. The van der Waals surface area contributed by atoms with Crippen molar-refractivity contribution in [3.05, 3.63) is 57.2 Å². The van der Waals surface area contributed by atoms with E-state index in [1.807, 2.05) is 29.6 Å². The van der Waals surface area contributed by atoms with E-state index in [1.54, 1.807) is 23.5 Å². The summed E-state index contributed by atoms with van der Waals surface area (Å²) in [5.74, 6) is 0.308. The van der Waals surface area contributed by atoms with E-state index in [0.717, 1.165) is 11.3 Å². The highest BCUT2D eigenvalue weighted by molar-refractivity contribution is 7.99. The van der Waals surface area contributed by atoms with Gasteiger partial charge in [-0.3, -0.25) is 9.59 Å². The number of rotatable bonds is 8. The van der Waals surface area contributed by atoms with Crippen LogP contribution in [0.25, 0.3) is 0 Å². The molecule has 0 saturated heterocycles. The Kier molecular flexibility index (Phi) is 7.45. The Morgan fingerprint density at radius 3 is 2.70 bits per heavy atom. The molecule has 0 aliphatic carbocycles. The summed E-state index contributed by atoms with van der Waals surface area (Å²) < 4.78 is 4.94. The van der Waals surface area contributed by atoms with Crippen molar-refractivity contribution in [1.82, 2.24) is 5.32 Å². The minimum atomic E-state index is -0.381. The van der Waals surface area contributed by atoms with Crippen LogP contribution < -0.4 is 5.32 Å². The van der Waals surface area contributed by atoms with Gasteiger partial charge in [0.25, 0.3) is 5.91 Å². The molecule has 0 atom stereocenters. The van der Waals surface area contributed by atoms with Crippen molar-refractivity contribution in [3.8, 4) is 0 Å². The van der Waals surface area contributed by atoms with Crippen LogP contribution in [0.1, 0.15) is 10.4 Å². The number of hydrogen-bond donors (Lipinski definition) is 1. The number of carbonyl (C=O) groups is 2. The van der Waals surface area contributed by atoms with Crippen molar-refractivity contribution < 1.29 is 14.3 Å². The molecule has 4 nitrogen and oxygen atoms in total. The van der Waals surface area contributed by atoms with Crippen LogP contribution in [-0.4, -0.2) is 24.2 Å². The lowest BCUT2D eigenvalue weighted by molar-refractivity contribution is -0.145. The van der Waals surface area contributed by atoms with Crippen molar-refractivity contribution in [1.29, 1.82) is 0 Å². The SMILES string of the molecule is O=C(COC(=O)CSCc1cccs1)NCc1ccc(Cl)cc1. The summed E-state index contributed by atoms with van der Waals surface area (Å²) in [6.07, 6.45) is 0. The monoisotopic (exact) mass is 369 g/mol. The van der Waals surface area contributed by atoms with E-state index in [1.165, 1.54) is 16.6 Å². The summed E-state index contributed by atoms with van der Waals surface area (Å²) in [6, 6.07) is 11.2. The molecule has 0 aliphatic rings. The Morgan fingerprint density at radius 1 is 1.22 bits per heavy atom. The Balaban J connectivity index is 1.58. The molecule has 0 radical (unpaired) electrons. The molecule has 0 saturated carbocycles. The van der Waals surface area contributed by atoms with Gasteiger partial charge < -0.3 is 10.1 Å². The molecule has 1 aromatic carbocycles. The van der Waals surface area contributed by atoms with Crippen LogP contribution in [-0.2, 0) is 26.6 Å². The van der Waals surface area contributed by atoms with Gasteiger partial charge in [-0.1, -0.05) is 29.8 Å². The van der Waals surface area contributed by atoms with E-state index in [-0.39, 0.29) is 24.2 Å². The molecule has 1 amide bonds. The highest BCUT2D eigenvalue weighted by Gasteiger charge is 2.08. The molecule has 0 aliphatic heterocycles. The normalized spacial score (nSPS) is 10.3. The number of thiophene rings is 1. The van der Waals surface area contributed by atoms with Gasteiger partial charge in [0.05, 0.1) is 5.75 Å². The van der Waals surface area contributed by atoms with Gasteiger partial charge in [-0.15, -0.1) is 23.1 Å². The Labute approximate surface area is 148 Å². The van der Waals surface area contributed by atoms with Crippen molar-refractivity contribution in [3.63, 3.8) is 0 Å². The zero-order chi connectivity index (χ0) is 16.5. The van der Waals surface area contributed by atoms with E-state index in [9.17, 15) is 9.59 Å². The summed E-state index contributed by atoms with van der Waals surface area (Å²) >= 11 is 8.91. The summed E-state index contributed by atoms with van der Waals surface area (Å²) in [4.78, 5) is 24.4. The molecular weight excluding hydrogens is 354 g/mol. The maximum Gasteiger partial charge on any atom is 0.316 e. The van der Waals surface area contributed by atoms with E-state index in [4.69, 9.17) is 16.3 Å². The van der Waals surface area contributed by atoms with E-state index in [2.05, 4.69) is 5.32 Å². The molecule has 1 N–H and O–H groups in total. The van der Waals surface area contributed by atoms with E-state index < -0.39 is 0 Å². The van der Waals surface area contributed by atoms with Gasteiger partial charge in [0, 0.05) is 22.2 Å². The summed E-state index contributed by atoms with van der Waals surface area (Å²) in [6.45, 7) is 0.118. The molecule has 0 fully saturated rings. The smallest absolute Gasteiger partial charge is 0.316 e. The minimum absolute atomic E-state index is 0.238. The molecule has 122 valence electrons. The Hall–Kier alpha value is -1.50. The van der Waals surface area contributed by atoms with Gasteiger partial charge in [0.15, 0.2) is 6.61 Å². The molecule has 2 rings (SSSR count). The van der Waals surface area contributed by atoms with Crippen molar-refractivity contribution in [2.45, 2.75) is 12.3 Å². The number of halogens is 1. The Morgan fingerprint density at radius 2 is 2.00 bits per heavy atom. The average Bonchev–Trinajstić information content (AvgIpc) is 3.06. The molecular formula is C16H16ClNO3S2. The fraction of sp³-hybridized carbons (Fsp3) is 0.250. The van der Waals surface area contributed by atoms with E-state index in [0.29, 0.717) is 11.6 Å². The zero-order valence-electron chi connectivity index (χ0n) is 12.3. The number of ether oxygens (including phenoxy) is 1. The van der Waals surface area contributed by atoms with E-state index >= 15 is 0 Å². The zero-order valence-corrected chi connectivity index (χ0v) is 14.7. The third-order valence-corrected chi connectivity index (χ3v) is 5.08. The van der Waals surface area contributed by atoms with Crippen LogP contribution in [0.5, 0.6) is 0 Å². The lowest BCUT2D eigenvalue weighted by Gasteiger charge is -2.07. The molecule has 0 bridgehead atoms. The van der Waals surface area contributed by atoms with Crippen LogP contribution in [0, 0.1) is 0 Å². The number of thioether (sulfide) groups is 1. The van der Waals surface area contributed by atoms with Crippen LogP contribution in [0.2, 0.25) is 5.02 Å². The fourth-order valence-corrected chi connectivity index (χ4v) is 3.46. The molecule has 1 heterocycles. The number of esters is 1. The van der Waals surface area contributed by atoms with Crippen LogP contribution >= 0.6 is 34.7 Å². The lowest BCUT2D eigenvalue weighted by Crippen LogP contribution is -2.28. The first-order valence-electron chi connectivity index (χ1n) is 6.90. The van der Waals surface area contributed by atoms with Crippen molar-refractivity contribution in [2.75, 3.05) is 12.4 Å². The van der Waals surface area contributed by atoms with Gasteiger partial charge in [-0.25, -0.2) is 0 Å². The first-order chi connectivity index (χ1) is 11.1. The third kappa shape index (κ3) is 7.07. The van der Waals surface area contributed by atoms with Gasteiger partial charge in [0.1, 0.15) is 0 Å². The largest absolute Gasteiger partial charge is 0.455 e. The van der Waals surface area contributed by atoms with Gasteiger partial charge >= 0.3 is 5.97 Å². The summed E-state index contributed by atoms with van der Waals surface area (Å²) in [5, 5.41) is 5.33. The standard InChI is InChI=1S/C16H16ClNO3S2/c17-13-5-3-12(4-6-13)8-18-15(19)9-21-16(20)11-22-10-14-2-1-7-23-14/h1-7H,8-11H2,(H,18,19). The molecule has 2 aromatic rings. The first kappa shape index (κ1) is 17.8. The topological polar surface area (TPSA) is 55.4 Å². The highest BCUT2D eigenvalue weighted by atomic mass is 35.5. The van der Waals surface area contributed by atoms with Gasteiger partial charge in [-0.05, 0) is 29.1 Å². The second-order valence-electron chi connectivity index (χ2n) is 4.64. The number of hydrogen-bond acceptors (Lipinski definition) is 5. The summed E-state index contributed by atoms with van der Waals surface area (Å²) in [5.41, 5.74) is 0.931. The molecule has 0 spiro atoms. The lowest BCUT2D eigenvalue weighted by atomic mass is 10.2. The van der Waals surface area contributed by atoms with Gasteiger partial charge in [-0.2, -0.15) is 0 Å². The van der Waals surface area contributed by atoms with Crippen molar-refractivity contribution in [2.24, 2.45) is 0 Å². The predicted octanol–water partition coefficient (Wildman–Crippen LogP) is 3.49. The number of carbonyl (C=O) groups excluding carboxylic acids is 2. The quantitative estimate of drug-likeness (QED) is 0.723. The van der Waals surface area contributed by atoms with Crippen LogP contribution in [0.4, 0.5) is 0 Å². The first-order valence-corrected chi connectivity index (χ1v) is 9.31. The molecule has 0 unspecified atom stereocenters. The fourth-order valence-electron chi connectivity index (χ4n) is 1.67. The predicted molar refractivity (Wildman–Crippen MR) is 94.7 cm³/mol. The minimum Gasteiger partial charge on any atom is -0.455 e. The number of benzene rings is 1. The van der Waals surface area contributed by atoms with Crippen molar-refractivity contribution >= 4 is 46.6 Å². The molecule has 23 heavy (non-hydrogen) atoms. The maximum atomic E-state index is 11.6. The second kappa shape index (κ2) is 9.60. The highest BCUT2D eigenvalue weighted by Crippen LogP contribution is 2.16. The third-order valence-electron chi connectivity index (χ3n) is 2.81. The maximum absolute atomic E-state index is 11.6. The molecule has 1 aromatic heterocycles. The van der Waals surface area contributed by atoms with Crippen LogP contribution in [0.15, 0.2) is 41.8 Å². The average molecular weight is 370 g/mol. The number of nitrogens with one attached hydrogen (secondary N) is 1. The number of amides is 1.